The van der Waals surface area contributed by atoms with Crippen LogP contribution in [0.1, 0.15) is 47.1 Å². The van der Waals surface area contributed by atoms with Gasteiger partial charge in [-0.05, 0) is 45.4 Å². The zero-order chi connectivity index (χ0) is 23.1. The molecule has 172 valence electrons. The van der Waals surface area contributed by atoms with Gasteiger partial charge in [0.15, 0.2) is 0 Å². The predicted octanol–water partition coefficient (Wildman–Crippen LogP) is 3.27. The van der Waals surface area contributed by atoms with Gasteiger partial charge in [-0.2, -0.15) is 0 Å². The number of fused-ring (bicyclic) bond motifs is 1. The lowest BCUT2D eigenvalue weighted by atomic mass is 9.87. The van der Waals surface area contributed by atoms with Crippen LogP contribution in [0.25, 0.3) is 0 Å². The van der Waals surface area contributed by atoms with Gasteiger partial charge in [-0.3, -0.25) is 9.69 Å². The molecule has 0 aliphatic carbocycles. The first kappa shape index (κ1) is 23.8. The van der Waals surface area contributed by atoms with Gasteiger partial charge < -0.3 is 19.6 Å². The molecule has 2 aliphatic heterocycles. The number of anilines is 1. The van der Waals surface area contributed by atoms with Crippen LogP contribution in [-0.2, 0) is 14.9 Å². The highest BCUT2D eigenvalue weighted by Crippen LogP contribution is 2.41. The van der Waals surface area contributed by atoms with Crippen LogP contribution in [0.2, 0.25) is 5.02 Å². The SMILES string of the molecule is C[C@@H]1CN(CC(=O)N2CC(C)(C)c3ccc(Cl)cc32)[C@@H](CO)CN1C(=O)OC(C)(C)C. The fourth-order valence-electron chi connectivity index (χ4n) is 4.40. The second-order valence-electron chi connectivity index (χ2n) is 10.3. The van der Waals surface area contributed by atoms with Crippen LogP contribution in [0.3, 0.4) is 0 Å². The lowest BCUT2D eigenvalue weighted by Crippen LogP contribution is -2.62. The van der Waals surface area contributed by atoms with E-state index in [1.807, 2.05) is 50.8 Å². The molecule has 0 saturated carbocycles. The number of nitrogens with zero attached hydrogens (tertiary/aromatic N) is 3. The Morgan fingerprint density at radius 2 is 1.94 bits per heavy atom. The number of carbonyl (C=O) groups excluding carboxylic acids is 2. The third-order valence-electron chi connectivity index (χ3n) is 5.97. The summed E-state index contributed by atoms with van der Waals surface area (Å²) in [6, 6.07) is 5.22. The van der Waals surface area contributed by atoms with Crippen LogP contribution in [0, 0.1) is 0 Å². The van der Waals surface area contributed by atoms with E-state index in [4.69, 9.17) is 16.3 Å². The molecular weight excluding hydrogens is 418 g/mol. The third-order valence-corrected chi connectivity index (χ3v) is 6.20. The molecule has 31 heavy (non-hydrogen) atoms. The summed E-state index contributed by atoms with van der Waals surface area (Å²) in [5.74, 6) is -0.0366. The highest BCUT2D eigenvalue weighted by molar-refractivity contribution is 6.31. The predicted molar refractivity (Wildman–Crippen MR) is 122 cm³/mol. The normalized spacial score (nSPS) is 23.6. The molecule has 2 heterocycles. The monoisotopic (exact) mass is 451 g/mol. The fraction of sp³-hybridized carbons (Fsp3) is 0.652. The molecule has 1 saturated heterocycles. The van der Waals surface area contributed by atoms with Gasteiger partial charge in [0.05, 0.1) is 19.2 Å². The Morgan fingerprint density at radius 1 is 1.26 bits per heavy atom. The molecule has 0 spiro atoms. The third kappa shape index (κ3) is 5.16. The summed E-state index contributed by atoms with van der Waals surface area (Å²) < 4.78 is 5.51. The van der Waals surface area contributed by atoms with Crippen LogP contribution in [-0.4, -0.2) is 77.4 Å². The molecule has 1 N–H and O–H groups in total. The van der Waals surface area contributed by atoms with E-state index < -0.39 is 11.7 Å². The number of amides is 2. The van der Waals surface area contributed by atoms with Crippen molar-refractivity contribution in [1.82, 2.24) is 9.80 Å². The Balaban J connectivity index is 1.73. The Kier molecular flexibility index (Phi) is 6.61. The molecule has 1 aromatic rings. The van der Waals surface area contributed by atoms with Gasteiger partial charge in [0.1, 0.15) is 5.60 Å². The first-order chi connectivity index (χ1) is 14.3. The number of hydrogen-bond acceptors (Lipinski definition) is 5. The maximum atomic E-state index is 13.3. The molecular formula is C23H34ClN3O4. The molecule has 8 heteroatoms. The van der Waals surface area contributed by atoms with Gasteiger partial charge in [0.25, 0.3) is 0 Å². The minimum Gasteiger partial charge on any atom is -0.444 e. The maximum absolute atomic E-state index is 13.3. The topological polar surface area (TPSA) is 73.3 Å². The number of aliphatic hydroxyl groups excluding tert-OH is 1. The number of rotatable bonds is 3. The van der Waals surface area contributed by atoms with Crippen LogP contribution in [0.5, 0.6) is 0 Å². The van der Waals surface area contributed by atoms with E-state index in [0.717, 1.165) is 11.3 Å². The molecule has 0 radical (unpaired) electrons. The molecule has 2 amide bonds. The summed E-state index contributed by atoms with van der Waals surface area (Å²) in [4.78, 5) is 31.3. The summed E-state index contributed by atoms with van der Waals surface area (Å²) in [6.45, 7) is 13.1. The Hall–Kier alpha value is -1.83. The average molecular weight is 452 g/mol. The molecule has 2 aliphatic rings. The zero-order valence-electron chi connectivity index (χ0n) is 19.3. The number of ether oxygens (including phenoxy) is 1. The van der Waals surface area contributed by atoms with Crippen molar-refractivity contribution in [2.75, 3.05) is 37.7 Å². The van der Waals surface area contributed by atoms with E-state index in [1.165, 1.54) is 0 Å². The van der Waals surface area contributed by atoms with Gasteiger partial charge in [0, 0.05) is 41.8 Å². The van der Waals surface area contributed by atoms with E-state index >= 15 is 0 Å². The smallest absolute Gasteiger partial charge is 0.410 e. The number of carbonyl (C=O) groups is 2. The van der Waals surface area contributed by atoms with E-state index in [2.05, 4.69) is 13.8 Å². The van der Waals surface area contributed by atoms with E-state index in [-0.39, 0.29) is 36.6 Å². The van der Waals surface area contributed by atoms with Gasteiger partial charge in [0.2, 0.25) is 5.91 Å². The van der Waals surface area contributed by atoms with Crippen LogP contribution in [0.15, 0.2) is 18.2 Å². The number of hydrogen-bond donors (Lipinski definition) is 1. The van der Waals surface area contributed by atoms with Crippen molar-refractivity contribution < 1.29 is 19.4 Å². The minimum atomic E-state index is -0.587. The van der Waals surface area contributed by atoms with E-state index in [0.29, 0.717) is 24.7 Å². The van der Waals surface area contributed by atoms with Crippen molar-refractivity contribution in [1.29, 1.82) is 0 Å². The van der Waals surface area contributed by atoms with Crippen molar-refractivity contribution >= 4 is 29.3 Å². The zero-order valence-corrected chi connectivity index (χ0v) is 20.1. The lowest BCUT2D eigenvalue weighted by molar-refractivity contribution is -0.121. The van der Waals surface area contributed by atoms with Crippen LogP contribution in [0.4, 0.5) is 10.5 Å². The molecule has 3 rings (SSSR count). The first-order valence-electron chi connectivity index (χ1n) is 10.8. The second kappa shape index (κ2) is 8.60. The maximum Gasteiger partial charge on any atom is 0.410 e. The van der Waals surface area contributed by atoms with Gasteiger partial charge in [-0.15, -0.1) is 0 Å². The Bertz CT molecular complexity index is 852. The average Bonchev–Trinajstić information content (AvgIpc) is 2.90. The van der Waals surface area contributed by atoms with Crippen LogP contribution >= 0.6 is 11.6 Å². The summed E-state index contributed by atoms with van der Waals surface area (Å²) in [5.41, 5.74) is 1.21. The highest BCUT2D eigenvalue weighted by Gasteiger charge is 2.41. The largest absolute Gasteiger partial charge is 0.444 e. The number of aliphatic hydroxyl groups is 1. The summed E-state index contributed by atoms with van der Waals surface area (Å²) in [5, 5.41) is 10.6. The van der Waals surface area contributed by atoms with Crippen molar-refractivity contribution in [3.05, 3.63) is 28.8 Å². The number of piperazine rings is 1. The van der Waals surface area contributed by atoms with Crippen molar-refractivity contribution in [3.63, 3.8) is 0 Å². The van der Waals surface area contributed by atoms with E-state index in [9.17, 15) is 14.7 Å². The Morgan fingerprint density at radius 3 is 2.55 bits per heavy atom. The molecule has 7 nitrogen and oxygen atoms in total. The lowest BCUT2D eigenvalue weighted by Gasteiger charge is -2.44. The van der Waals surface area contributed by atoms with Gasteiger partial charge in [-0.1, -0.05) is 31.5 Å². The second-order valence-corrected chi connectivity index (χ2v) is 10.7. The highest BCUT2D eigenvalue weighted by atomic mass is 35.5. The molecule has 1 fully saturated rings. The van der Waals surface area contributed by atoms with Gasteiger partial charge in [-0.25, -0.2) is 4.79 Å². The number of benzene rings is 1. The summed E-state index contributed by atoms with van der Waals surface area (Å²) in [7, 11) is 0. The van der Waals surface area contributed by atoms with Crippen molar-refractivity contribution in [2.45, 2.75) is 64.6 Å². The fourth-order valence-corrected chi connectivity index (χ4v) is 4.57. The molecule has 0 unspecified atom stereocenters. The van der Waals surface area contributed by atoms with E-state index in [1.54, 1.807) is 9.80 Å². The summed E-state index contributed by atoms with van der Waals surface area (Å²) in [6.07, 6.45) is -0.394. The molecule has 0 bridgehead atoms. The molecule has 0 aromatic heterocycles. The van der Waals surface area contributed by atoms with Crippen LogP contribution < -0.4 is 4.90 Å². The minimum absolute atomic E-state index is 0.0366. The quantitative estimate of drug-likeness (QED) is 0.763. The molecule has 1 aromatic carbocycles. The van der Waals surface area contributed by atoms with Crippen molar-refractivity contribution in [3.8, 4) is 0 Å². The number of halogens is 1. The molecule has 2 atom stereocenters. The summed E-state index contributed by atoms with van der Waals surface area (Å²) >= 11 is 6.20. The van der Waals surface area contributed by atoms with Crippen molar-refractivity contribution in [2.24, 2.45) is 0 Å². The van der Waals surface area contributed by atoms with Gasteiger partial charge >= 0.3 is 6.09 Å². The Labute approximate surface area is 189 Å². The standard InChI is InChI=1S/C23H34ClN3O4/c1-15-10-25(17(13-28)11-26(15)21(30)31-22(2,3)4)12-20(29)27-14-23(5,6)18-8-7-16(24)9-19(18)27/h7-9,15,17,28H,10-14H2,1-6H3/t15-,17-/m1/s1. The first-order valence-corrected chi connectivity index (χ1v) is 11.1.